The molecule has 0 aliphatic rings. The topological polar surface area (TPSA) is 76.9 Å². The first kappa shape index (κ1) is 9.56. The van der Waals surface area contributed by atoms with E-state index in [4.69, 9.17) is 22.0 Å². The van der Waals surface area contributed by atoms with Crippen LogP contribution in [0, 0.1) is 11.3 Å². The maximum atomic E-state index is 10.7. The summed E-state index contributed by atoms with van der Waals surface area (Å²) in [4.78, 5) is 13.4. The Kier molecular flexibility index (Phi) is 2.10. The van der Waals surface area contributed by atoms with Crippen LogP contribution in [0.2, 0.25) is 5.02 Å². The van der Waals surface area contributed by atoms with Crippen LogP contribution >= 0.6 is 11.6 Å². The van der Waals surface area contributed by atoms with E-state index in [9.17, 15) is 4.79 Å². The number of aromatic carboxylic acids is 1. The Labute approximate surface area is 89.7 Å². The van der Waals surface area contributed by atoms with Crippen molar-refractivity contribution in [3.8, 4) is 6.07 Å². The van der Waals surface area contributed by atoms with Crippen LogP contribution in [0.1, 0.15) is 16.1 Å². The number of carboxylic acid groups (broad SMARTS) is 1. The molecule has 2 rings (SSSR count). The third-order valence-electron chi connectivity index (χ3n) is 2.09. The van der Waals surface area contributed by atoms with Crippen molar-refractivity contribution in [1.29, 1.82) is 5.26 Å². The normalized spacial score (nSPS) is 10.1. The Morgan fingerprint density at radius 3 is 2.87 bits per heavy atom. The second kappa shape index (κ2) is 3.30. The quantitative estimate of drug-likeness (QED) is 0.775. The van der Waals surface area contributed by atoms with Crippen molar-refractivity contribution in [2.75, 3.05) is 0 Å². The predicted molar refractivity (Wildman–Crippen MR) is 55.0 cm³/mol. The highest BCUT2D eigenvalue weighted by Gasteiger charge is 2.12. The first-order valence-corrected chi connectivity index (χ1v) is 4.46. The number of hydrogen-bond donors (Lipinski definition) is 2. The van der Waals surface area contributed by atoms with Gasteiger partial charge in [-0.25, -0.2) is 4.79 Å². The van der Waals surface area contributed by atoms with Crippen LogP contribution in [0.25, 0.3) is 10.9 Å². The van der Waals surface area contributed by atoms with Gasteiger partial charge in [0.15, 0.2) is 0 Å². The average molecular weight is 221 g/mol. The highest BCUT2D eigenvalue weighted by Crippen LogP contribution is 2.26. The molecule has 0 unspecified atom stereocenters. The van der Waals surface area contributed by atoms with Crippen molar-refractivity contribution in [2.24, 2.45) is 0 Å². The maximum Gasteiger partial charge on any atom is 0.352 e. The van der Waals surface area contributed by atoms with E-state index in [1.807, 2.05) is 6.07 Å². The first-order valence-electron chi connectivity index (χ1n) is 4.08. The van der Waals surface area contributed by atoms with Gasteiger partial charge < -0.3 is 10.1 Å². The number of carboxylic acids is 1. The van der Waals surface area contributed by atoms with Crippen molar-refractivity contribution in [3.05, 3.63) is 34.5 Å². The molecule has 1 aromatic heterocycles. The maximum absolute atomic E-state index is 10.7. The molecule has 2 N–H and O–H groups in total. The lowest BCUT2D eigenvalue weighted by molar-refractivity contribution is 0.0691. The van der Waals surface area contributed by atoms with Gasteiger partial charge in [-0.2, -0.15) is 5.26 Å². The van der Waals surface area contributed by atoms with E-state index in [2.05, 4.69) is 4.98 Å². The summed E-state index contributed by atoms with van der Waals surface area (Å²) in [5, 5.41) is 18.6. The van der Waals surface area contributed by atoms with E-state index in [-0.39, 0.29) is 5.69 Å². The number of H-pyrrole nitrogens is 1. The predicted octanol–water partition coefficient (Wildman–Crippen LogP) is 2.39. The van der Waals surface area contributed by atoms with Gasteiger partial charge in [0.2, 0.25) is 0 Å². The van der Waals surface area contributed by atoms with Crippen molar-refractivity contribution >= 4 is 28.5 Å². The largest absolute Gasteiger partial charge is 0.477 e. The van der Waals surface area contributed by atoms with Gasteiger partial charge in [-0.05, 0) is 18.2 Å². The lowest BCUT2D eigenvalue weighted by Crippen LogP contribution is -1.95. The monoisotopic (exact) mass is 220 g/mol. The standard InChI is InChI=1S/C10H5ClN2O2/c11-7-2-1-5(4-12)9-6(7)3-8(13-9)10(14)15/h1-3,13H,(H,14,15). The van der Waals surface area contributed by atoms with Crippen molar-refractivity contribution < 1.29 is 9.90 Å². The van der Waals surface area contributed by atoms with E-state index < -0.39 is 5.97 Å². The lowest BCUT2D eigenvalue weighted by atomic mass is 10.1. The fourth-order valence-corrected chi connectivity index (χ4v) is 1.61. The molecular weight excluding hydrogens is 216 g/mol. The Morgan fingerprint density at radius 2 is 2.27 bits per heavy atom. The van der Waals surface area contributed by atoms with Crippen LogP contribution in [0.15, 0.2) is 18.2 Å². The average Bonchev–Trinajstić information content (AvgIpc) is 2.64. The molecule has 2 aromatic rings. The second-order valence-corrected chi connectivity index (χ2v) is 3.39. The Bertz CT molecular complexity index is 595. The van der Waals surface area contributed by atoms with Crippen LogP contribution in [0.5, 0.6) is 0 Å². The number of aromatic nitrogens is 1. The minimum Gasteiger partial charge on any atom is -0.477 e. The highest BCUT2D eigenvalue weighted by atomic mass is 35.5. The Balaban J connectivity index is 2.85. The zero-order chi connectivity index (χ0) is 11.0. The minimum atomic E-state index is -1.08. The molecule has 4 nitrogen and oxygen atoms in total. The number of nitriles is 1. The van der Waals surface area contributed by atoms with E-state index in [0.717, 1.165) is 0 Å². The van der Waals surface area contributed by atoms with Crippen molar-refractivity contribution in [3.63, 3.8) is 0 Å². The number of carbonyl (C=O) groups is 1. The van der Waals surface area contributed by atoms with Gasteiger partial charge in [-0.15, -0.1) is 0 Å². The van der Waals surface area contributed by atoms with E-state index in [1.54, 1.807) is 12.1 Å². The van der Waals surface area contributed by atoms with Crippen LogP contribution in [0.4, 0.5) is 0 Å². The molecule has 5 heteroatoms. The molecule has 0 aliphatic carbocycles. The number of hydrogen-bond acceptors (Lipinski definition) is 2. The SMILES string of the molecule is N#Cc1ccc(Cl)c2cc(C(=O)O)[nH]c12. The summed E-state index contributed by atoms with van der Waals surface area (Å²) in [5.41, 5.74) is 0.860. The van der Waals surface area contributed by atoms with Crippen molar-refractivity contribution in [2.45, 2.75) is 0 Å². The van der Waals surface area contributed by atoms with Crippen LogP contribution in [-0.2, 0) is 0 Å². The van der Waals surface area contributed by atoms with Crippen molar-refractivity contribution in [1.82, 2.24) is 4.98 Å². The number of halogens is 1. The van der Waals surface area contributed by atoms with E-state index in [0.29, 0.717) is 21.5 Å². The zero-order valence-electron chi connectivity index (χ0n) is 7.41. The summed E-state index contributed by atoms with van der Waals surface area (Å²) < 4.78 is 0. The molecule has 1 heterocycles. The number of nitrogens with zero attached hydrogens (tertiary/aromatic N) is 1. The number of nitrogens with one attached hydrogen (secondary N) is 1. The molecule has 0 aliphatic heterocycles. The third kappa shape index (κ3) is 1.43. The smallest absolute Gasteiger partial charge is 0.352 e. The molecule has 0 saturated heterocycles. The van der Waals surface area contributed by atoms with Gasteiger partial charge in [-0.3, -0.25) is 0 Å². The molecule has 0 fully saturated rings. The number of benzene rings is 1. The summed E-state index contributed by atoms with van der Waals surface area (Å²) in [7, 11) is 0. The molecule has 1 aromatic carbocycles. The lowest BCUT2D eigenvalue weighted by Gasteiger charge is -1.94. The third-order valence-corrected chi connectivity index (χ3v) is 2.42. The zero-order valence-corrected chi connectivity index (χ0v) is 8.17. The molecule has 74 valence electrons. The minimum absolute atomic E-state index is 0.0228. The summed E-state index contributed by atoms with van der Waals surface area (Å²) in [6.07, 6.45) is 0. The van der Waals surface area contributed by atoms with Crippen LogP contribution < -0.4 is 0 Å². The molecule has 0 atom stereocenters. The molecular formula is C10H5ClN2O2. The fourth-order valence-electron chi connectivity index (χ4n) is 1.39. The van der Waals surface area contributed by atoms with Gasteiger partial charge in [0.05, 0.1) is 16.1 Å². The molecule has 0 amide bonds. The summed E-state index contributed by atoms with van der Waals surface area (Å²) in [6, 6.07) is 6.50. The van der Waals surface area contributed by atoms with Gasteiger partial charge in [0.25, 0.3) is 0 Å². The summed E-state index contributed by atoms with van der Waals surface area (Å²) >= 11 is 5.88. The fraction of sp³-hybridized carbons (Fsp3) is 0. The van der Waals surface area contributed by atoms with E-state index >= 15 is 0 Å². The Morgan fingerprint density at radius 1 is 1.53 bits per heavy atom. The van der Waals surface area contributed by atoms with Crippen LogP contribution in [-0.4, -0.2) is 16.1 Å². The second-order valence-electron chi connectivity index (χ2n) is 2.98. The number of aromatic amines is 1. The van der Waals surface area contributed by atoms with Crippen LogP contribution in [0.3, 0.4) is 0 Å². The highest BCUT2D eigenvalue weighted by molar-refractivity contribution is 6.35. The van der Waals surface area contributed by atoms with Gasteiger partial charge in [0.1, 0.15) is 11.8 Å². The molecule has 15 heavy (non-hydrogen) atoms. The summed E-state index contributed by atoms with van der Waals surface area (Å²) in [6.45, 7) is 0. The Hall–Kier alpha value is -1.99. The molecule has 0 radical (unpaired) electrons. The van der Waals surface area contributed by atoms with Gasteiger partial charge in [-0.1, -0.05) is 11.6 Å². The first-order chi connectivity index (χ1) is 7.13. The van der Waals surface area contributed by atoms with Gasteiger partial charge >= 0.3 is 5.97 Å². The van der Waals surface area contributed by atoms with E-state index in [1.165, 1.54) is 6.07 Å². The summed E-state index contributed by atoms with van der Waals surface area (Å²) in [5.74, 6) is -1.08. The van der Waals surface area contributed by atoms with Gasteiger partial charge in [0, 0.05) is 5.39 Å². The number of rotatable bonds is 1. The number of fused-ring (bicyclic) bond motifs is 1. The molecule has 0 saturated carbocycles. The molecule has 0 bridgehead atoms. The molecule has 0 spiro atoms.